The van der Waals surface area contributed by atoms with Crippen LogP contribution in [-0.4, -0.2) is 47.3 Å². The number of aromatic hydroxyl groups is 1. The average molecular weight is 388 g/mol. The summed E-state index contributed by atoms with van der Waals surface area (Å²) in [7, 11) is 0. The number of H-pyrrole nitrogens is 2. The third-order valence-electron chi connectivity index (χ3n) is 3.56. The van der Waals surface area contributed by atoms with Crippen LogP contribution in [0.1, 0.15) is 28.3 Å². The Morgan fingerprint density at radius 2 is 1.35 bits per heavy atom. The highest BCUT2D eigenvalue weighted by molar-refractivity contribution is 7.71. The highest BCUT2D eigenvalue weighted by Gasteiger charge is 2.07. The van der Waals surface area contributed by atoms with Crippen LogP contribution in [0.3, 0.4) is 0 Å². The summed E-state index contributed by atoms with van der Waals surface area (Å²) in [6, 6.07) is 3.62. The molecule has 0 amide bonds. The summed E-state index contributed by atoms with van der Waals surface area (Å²) < 4.78 is 3.69. The molecule has 0 fully saturated rings. The van der Waals surface area contributed by atoms with Crippen LogP contribution < -0.4 is 0 Å². The number of aromatic amines is 2. The molecule has 0 saturated heterocycles. The van der Waals surface area contributed by atoms with Crippen molar-refractivity contribution < 1.29 is 5.11 Å². The predicted molar refractivity (Wildman–Crippen MR) is 103 cm³/mol. The lowest BCUT2D eigenvalue weighted by Crippen LogP contribution is -1.98. The largest absolute Gasteiger partial charge is 0.507 e. The molecule has 0 radical (unpaired) electrons. The SMILES string of the molecule is Cc1cc(/C=N/n2c(C)n[nH]c2=S)c(O)c(/C=N/n2c(C)n[nH]c2=S)c1. The molecule has 0 aliphatic carbocycles. The number of hydrogen-bond donors (Lipinski definition) is 3. The molecule has 3 aromatic rings. The fourth-order valence-corrected chi connectivity index (χ4v) is 2.73. The lowest BCUT2D eigenvalue weighted by Gasteiger charge is -2.05. The summed E-state index contributed by atoms with van der Waals surface area (Å²) >= 11 is 10.2. The third-order valence-corrected chi connectivity index (χ3v) is 4.09. The van der Waals surface area contributed by atoms with Gasteiger partial charge in [0, 0.05) is 11.1 Å². The van der Waals surface area contributed by atoms with Gasteiger partial charge in [-0.2, -0.15) is 29.8 Å². The van der Waals surface area contributed by atoms with Gasteiger partial charge in [0.25, 0.3) is 0 Å². The zero-order valence-corrected chi connectivity index (χ0v) is 15.9. The van der Waals surface area contributed by atoms with Gasteiger partial charge >= 0.3 is 0 Å². The molecule has 0 aliphatic rings. The van der Waals surface area contributed by atoms with Crippen molar-refractivity contribution in [2.24, 2.45) is 10.2 Å². The molecule has 3 N–H and O–H groups in total. The Hall–Kier alpha value is -2.92. The van der Waals surface area contributed by atoms with Crippen molar-refractivity contribution in [3.05, 3.63) is 50.0 Å². The topological polar surface area (TPSA) is 112 Å². The zero-order chi connectivity index (χ0) is 18.8. The van der Waals surface area contributed by atoms with Crippen molar-refractivity contribution in [1.29, 1.82) is 0 Å². The second-order valence-corrected chi connectivity index (χ2v) is 6.33. The molecule has 0 bridgehead atoms. The van der Waals surface area contributed by atoms with Gasteiger partial charge in [-0.1, -0.05) is 0 Å². The predicted octanol–water partition coefficient (Wildman–Crippen LogP) is 2.59. The van der Waals surface area contributed by atoms with Gasteiger partial charge in [-0.25, -0.2) is 0 Å². The number of hydrogen-bond acceptors (Lipinski definition) is 7. The Labute approximate surface area is 158 Å². The van der Waals surface area contributed by atoms with Crippen LogP contribution in [0.25, 0.3) is 0 Å². The van der Waals surface area contributed by atoms with Crippen LogP contribution in [-0.2, 0) is 0 Å². The van der Waals surface area contributed by atoms with Crippen molar-refractivity contribution in [1.82, 2.24) is 29.7 Å². The van der Waals surface area contributed by atoms with Gasteiger partial charge in [-0.15, -0.1) is 0 Å². The summed E-state index contributed by atoms with van der Waals surface area (Å²) in [6.07, 6.45) is 3.04. The van der Waals surface area contributed by atoms with E-state index < -0.39 is 0 Å². The summed E-state index contributed by atoms with van der Waals surface area (Å²) in [5.41, 5.74) is 1.99. The number of rotatable bonds is 4. The van der Waals surface area contributed by atoms with Gasteiger partial charge in [0.15, 0.2) is 0 Å². The first-order valence-electron chi connectivity index (χ1n) is 7.57. The molecule has 0 spiro atoms. The standard InChI is InChI=1S/C15H16N8OS2/c1-8-4-11(6-16-22-9(2)18-20-14(22)25)13(24)12(5-8)7-17-23-10(3)19-21-15(23)26/h4-7,24H,1-3H3,(H,20,25)(H,21,26)/b16-6+,17-7+. The molecule has 2 aromatic heterocycles. The number of aromatic nitrogens is 6. The Balaban J connectivity index is 1.99. The Morgan fingerprint density at radius 3 is 1.69 bits per heavy atom. The Kier molecular flexibility index (Phi) is 4.91. The van der Waals surface area contributed by atoms with Crippen LogP contribution >= 0.6 is 24.4 Å². The monoisotopic (exact) mass is 388 g/mol. The molecule has 11 heteroatoms. The smallest absolute Gasteiger partial charge is 0.216 e. The van der Waals surface area contributed by atoms with Crippen LogP contribution in [0.15, 0.2) is 22.3 Å². The van der Waals surface area contributed by atoms with Crippen molar-refractivity contribution >= 4 is 36.9 Å². The highest BCUT2D eigenvalue weighted by atomic mass is 32.1. The maximum absolute atomic E-state index is 10.5. The van der Waals surface area contributed by atoms with Gasteiger partial charge in [0.1, 0.15) is 17.4 Å². The van der Waals surface area contributed by atoms with E-state index in [1.807, 2.05) is 19.1 Å². The number of aryl methyl sites for hydroxylation is 3. The van der Waals surface area contributed by atoms with Crippen LogP contribution in [0.4, 0.5) is 0 Å². The molecule has 0 aliphatic heterocycles. The minimum absolute atomic E-state index is 0.0448. The number of phenolic OH excluding ortho intramolecular Hbond substituents is 1. The first-order chi connectivity index (χ1) is 12.4. The van der Waals surface area contributed by atoms with Crippen molar-refractivity contribution in [2.45, 2.75) is 20.8 Å². The lowest BCUT2D eigenvalue weighted by atomic mass is 10.1. The summed E-state index contributed by atoms with van der Waals surface area (Å²) in [4.78, 5) is 0. The molecular weight excluding hydrogens is 372 g/mol. The molecule has 1 aromatic carbocycles. The van der Waals surface area contributed by atoms with E-state index in [9.17, 15) is 5.11 Å². The van der Waals surface area contributed by atoms with E-state index in [4.69, 9.17) is 24.4 Å². The van der Waals surface area contributed by atoms with Crippen LogP contribution in [0, 0.1) is 30.3 Å². The minimum Gasteiger partial charge on any atom is -0.507 e. The maximum Gasteiger partial charge on any atom is 0.216 e. The van der Waals surface area contributed by atoms with Crippen molar-refractivity contribution in [2.75, 3.05) is 0 Å². The number of benzene rings is 1. The zero-order valence-electron chi connectivity index (χ0n) is 14.3. The highest BCUT2D eigenvalue weighted by Crippen LogP contribution is 2.22. The Bertz CT molecular complexity index is 1050. The number of nitrogens with one attached hydrogen (secondary N) is 2. The van der Waals surface area contributed by atoms with Crippen molar-refractivity contribution in [3.8, 4) is 5.75 Å². The van der Waals surface area contributed by atoms with E-state index in [-0.39, 0.29) is 5.75 Å². The summed E-state index contributed by atoms with van der Waals surface area (Å²) in [6.45, 7) is 5.46. The molecule has 9 nitrogen and oxygen atoms in total. The Morgan fingerprint density at radius 1 is 0.923 bits per heavy atom. The number of nitrogens with zero attached hydrogens (tertiary/aromatic N) is 6. The first-order valence-corrected chi connectivity index (χ1v) is 8.39. The normalized spacial score (nSPS) is 11.8. The molecule has 0 unspecified atom stereocenters. The van der Waals surface area contributed by atoms with Crippen LogP contribution in [0.5, 0.6) is 5.75 Å². The van der Waals surface area contributed by atoms with E-state index in [0.29, 0.717) is 32.3 Å². The summed E-state index contributed by atoms with van der Waals surface area (Å²) in [5.74, 6) is 1.28. The molecule has 2 heterocycles. The van der Waals surface area contributed by atoms with Gasteiger partial charge < -0.3 is 5.11 Å². The molecular formula is C15H16N8OS2. The minimum atomic E-state index is 0.0448. The average Bonchev–Trinajstić information content (AvgIpc) is 3.09. The van der Waals surface area contributed by atoms with E-state index in [2.05, 4.69) is 30.6 Å². The van der Waals surface area contributed by atoms with Crippen molar-refractivity contribution in [3.63, 3.8) is 0 Å². The van der Waals surface area contributed by atoms with Gasteiger partial charge in [-0.3, -0.25) is 10.2 Å². The van der Waals surface area contributed by atoms with E-state index in [0.717, 1.165) is 5.56 Å². The van der Waals surface area contributed by atoms with Gasteiger partial charge in [0.05, 0.1) is 12.4 Å². The third kappa shape index (κ3) is 3.53. The molecule has 0 saturated carbocycles. The van der Waals surface area contributed by atoms with E-state index in [1.54, 1.807) is 13.8 Å². The fraction of sp³-hybridized carbons (Fsp3) is 0.200. The lowest BCUT2D eigenvalue weighted by molar-refractivity contribution is 0.473. The quantitative estimate of drug-likeness (QED) is 0.470. The van der Waals surface area contributed by atoms with Crippen LogP contribution in [0.2, 0.25) is 0 Å². The molecule has 3 rings (SSSR count). The maximum atomic E-state index is 10.5. The first kappa shape index (κ1) is 17.9. The van der Waals surface area contributed by atoms with Gasteiger partial charge in [0.2, 0.25) is 9.54 Å². The number of phenols is 1. The summed E-state index contributed by atoms with van der Waals surface area (Å²) in [5, 5.41) is 32.4. The molecule has 134 valence electrons. The van der Waals surface area contributed by atoms with E-state index >= 15 is 0 Å². The second kappa shape index (κ2) is 7.14. The van der Waals surface area contributed by atoms with Gasteiger partial charge in [-0.05, 0) is 62.9 Å². The molecule has 0 atom stereocenters. The molecule has 26 heavy (non-hydrogen) atoms. The second-order valence-electron chi connectivity index (χ2n) is 5.56. The fourth-order valence-electron chi connectivity index (χ4n) is 2.29. The van der Waals surface area contributed by atoms with E-state index in [1.165, 1.54) is 21.8 Å².